The van der Waals surface area contributed by atoms with E-state index in [-0.39, 0.29) is 36.0 Å². The molecule has 1 amide bonds. The first-order chi connectivity index (χ1) is 14.6. The van der Waals surface area contributed by atoms with E-state index < -0.39 is 6.04 Å². The van der Waals surface area contributed by atoms with E-state index >= 15 is 0 Å². The van der Waals surface area contributed by atoms with Crippen molar-refractivity contribution in [2.45, 2.75) is 39.0 Å². The van der Waals surface area contributed by atoms with Crippen LogP contribution >= 0.6 is 0 Å². The van der Waals surface area contributed by atoms with Gasteiger partial charge < -0.3 is 15.0 Å². The monoisotopic (exact) mass is 407 g/mol. The van der Waals surface area contributed by atoms with Gasteiger partial charge in [0.25, 0.3) is 5.56 Å². The molecule has 158 valence electrons. The zero-order valence-electron chi connectivity index (χ0n) is 17.5. The van der Waals surface area contributed by atoms with Crippen molar-refractivity contribution in [3.63, 3.8) is 0 Å². The van der Waals surface area contributed by atoms with Gasteiger partial charge in [-0.25, -0.2) is 0 Å². The fraction of sp³-hybridized carbons (Fsp3) is 0.417. The second kappa shape index (κ2) is 8.58. The molecule has 6 nitrogen and oxygen atoms in total. The summed E-state index contributed by atoms with van der Waals surface area (Å²) in [7, 11) is 0. The lowest BCUT2D eigenvalue weighted by molar-refractivity contribution is -0.127. The summed E-state index contributed by atoms with van der Waals surface area (Å²) in [4.78, 5) is 28.2. The second-order valence-corrected chi connectivity index (χ2v) is 8.06. The highest BCUT2D eigenvalue weighted by molar-refractivity contribution is 5.82. The predicted molar refractivity (Wildman–Crippen MR) is 117 cm³/mol. The molecule has 1 saturated heterocycles. The van der Waals surface area contributed by atoms with E-state index in [1.807, 2.05) is 73.0 Å². The van der Waals surface area contributed by atoms with Crippen molar-refractivity contribution < 1.29 is 9.90 Å². The van der Waals surface area contributed by atoms with Crippen LogP contribution in [0.4, 0.5) is 0 Å². The molecular formula is C24H29N3O3. The largest absolute Gasteiger partial charge is 0.396 e. The van der Waals surface area contributed by atoms with Crippen LogP contribution < -0.4 is 10.9 Å². The van der Waals surface area contributed by atoms with Crippen molar-refractivity contribution in [2.75, 3.05) is 13.2 Å². The van der Waals surface area contributed by atoms with E-state index in [4.69, 9.17) is 0 Å². The van der Waals surface area contributed by atoms with Gasteiger partial charge in [-0.2, -0.15) is 0 Å². The summed E-state index contributed by atoms with van der Waals surface area (Å²) >= 11 is 0. The molecule has 1 aromatic carbocycles. The molecule has 30 heavy (non-hydrogen) atoms. The van der Waals surface area contributed by atoms with Gasteiger partial charge in [-0.1, -0.05) is 49.4 Å². The van der Waals surface area contributed by atoms with Gasteiger partial charge in [-0.3, -0.25) is 14.5 Å². The third-order valence-electron chi connectivity index (χ3n) is 6.51. The number of carbonyl (C=O) groups is 1. The number of aliphatic hydroxyl groups excluding tert-OH is 1. The van der Waals surface area contributed by atoms with E-state index in [2.05, 4.69) is 10.2 Å². The molecule has 0 unspecified atom stereocenters. The highest BCUT2D eigenvalue weighted by atomic mass is 16.3. The lowest BCUT2D eigenvalue weighted by atomic mass is 9.88. The molecule has 0 aliphatic carbocycles. The number of fused-ring (bicyclic) bond motifs is 3. The number of nitrogens with zero attached hydrogens (tertiary/aromatic N) is 2. The number of likely N-dealkylation sites (tertiary alicyclic amines) is 1. The number of pyridine rings is 1. The average Bonchev–Trinajstić information content (AvgIpc) is 3.29. The molecular weight excluding hydrogens is 378 g/mol. The topological polar surface area (TPSA) is 74.6 Å². The summed E-state index contributed by atoms with van der Waals surface area (Å²) in [5, 5.41) is 13.3. The quantitative estimate of drug-likeness (QED) is 0.770. The molecule has 2 aliphatic heterocycles. The summed E-state index contributed by atoms with van der Waals surface area (Å²) in [6.07, 6.45) is 3.69. The Morgan fingerprint density at radius 3 is 2.67 bits per heavy atom. The number of likely N-dealkylation sites (N-methyl/N-ethyl adjacent to an activating group) is 1. The Morgan fingerprint density at radius 1 is 1.23 bits per heavy atom. The average molecular weight is 408 g/mol. The number of hydrogen-bond acceptors (Lipinski definition) is 4. The molecule has 6 heteroatoms. The number of aromatic nitrogens is 1. The summed E-state index contributed by atoms with van der Waals surface area (Å²) in [6, 6.07) is 13.2. The van der Waals surface area contributed by atoms with Crippen molar-refractivity contribution in [2.24, 2.45) is 11.8 Å². The molecule has 1 fully saturated rings. The first kappa shape index (κ1) is 20.6. The van der Waals surface area contributed by atoms with Crippen LogP contribution in [0.15, 0.2) is 53.3 Å². The third-order valence-corrected chi connectivity index (χ3v) is 6.51. The number of amides is 1. The molecule has 4 rings (SSSR count). The molecule has 0 spiro atoms. The number of nitrogens with one attached hydrogen (secondary N) is 1. The van der Waals surface area contributed by atoms with Crippen LogP contribution in [0.5, 0.6) is 0 Å². The van der Waals surface area contributed by atoms with Crippen LogP contribution in [0, 0.1) is 11.8 Å². The molecule has 0 bridgehead atoms. The van der Waals surface area contributed by atoms with Crippen molar-refractivity contribution in [1.82, 2.24) is 14.8 Å². The van der Waals surface area contributed by atoms with Gasteiger partial charge in [0.15, 0.2) is 0 Å². The Balaban J connectivity index is 1.62. The van der Waals surface area contributed by atoms with E-state index in [1.165, 1.54) is 0 Å². The summed E-state index contributed by atoms with van der Waals surface area (Å²) in [5.74, 6) is -0.236. The second-order valence-electron chi connectivity index (χ2n) is 8.06. The van der Waals surface area contributed by atoms with Crippen molar-refractivity contribution in [3.05, 3.63) is 75.7 Å². The summed E-state index contributed by atoms with van der Waals surface area (Å²) in [6.45, 7) is 5.52. The fourth-order valence-corrected chi connectivity index (χ4v) is 5.19. The van der Waals surface area contributed by atoms with Crippen LogP contribution in [0.25, 0.3) is 6.08 Å². The standard InChI is InChI=1S/C24H29N3O3/c1-3-8-17-11-12-20-21-18(14-27(20)24(17)30)19(15-28)22(26(21)4-2)23(29)25-13-16-9-6-5-7-10-16/h3,5-12,18-19,21-22,28H,4,13-15H2,1-2H3,(H,25,29)/b8-3-/t18-,19-,21+,22-/m1/s1. The van der Waals surface area contributed by atoms with Crippen LogP contribution in [-0.2, 0) is 17.9 Å². The lowest BCUT2D eigenvalue weighted by Crippen LogP contribution is -2.48. The van der Waals surface area contributed by atoms with Crippen molar-refractivity contribution in [3.8, 4) is 0 Å². The lowest BCUT2D eigenvalue weighted by Gasteiger charge is -2.29. The molecule has 0 radical (unpaired) electrons. The van der Waals surface area contributed by atoms with Gasteiger partial charge in [0.1, 0.15) is 0 Å². The molecule has 2 aliphatic rings. The highest BCUT2D eigenvalue weighted by Gasteiger charge is 2.54. The number of aliphatic hydroxyl groups is 1. The van der Waals surface area contributed by atoms with Gasteiger partial charge in [0.2, 0.25) is 5.91 Å². The van der Waals surface area contributed by atoms with E-state index in [9.17, 15) is 14.7 Å². The first-order valence-electron chi connectivity index (χ1n) is 10.6. The maximum absolute atomic E-state index is 13.2. The number of rotatable bonds is 6. The minimum atomic E-state index is -0.405. The first-order valence-corrected chi connectivity index (χ1v) is 10.6. The Hall–Kier alpha value is -2.70. The smallest absolute Gasteiger partial charge is 0.258 e. The van der Waals surface area contributed by atoms with Gasteiger partial charge in [0.05, 0.1) is 12.1 Å². The Bertz CT molecular complexity index is 999. The van der Waals surface area contributed by atoms with E-state index in [1.54, 1.807) is 0 Å². The molecule has 0 saturated carbocycles. The van der Waals surface area contributed by atoms with Gasteiger partial charge in [-0.15, -0.1) is 0 Å². The van der Waals surface area contributed by atoms with Crippen LogP contribution in [0.3, 0.4) is 0 Å². The third kappa shape index (κ3) is 3.40. The molecule has 4 atom stereocenters. The van der Waals surface area contributed by atoms with Gasteiger partial charge in [-0.05, 0) is 31.2 Å². The predicted octanol–water partition coefficient (Wildman–Crippen LogP) is 2.18. The molecule has 2 N–H and O–H groups in total. The van der Waals surface area contributed by atoms with Crippen LogP contribution in [0.2, 0.25) is 0 Å². The summed E-state index contributed by atoms with van der Waals surface area (Å²) in [5.41, 5.74) is 2.65. The zero-order chi connectivity index (χ0) is 21.3. The number of carbonyl (C=O) groups excluding carboxylic acids is 1. The van der Waals surface area contributed by atoms with E-state index in [0.717, 1.165) is 11.3 Å². The van der Waals surface area contributed by atoms with Crippen LogP contribution in [-0.4, -0.2) is 39.7 Å². The number of benzene rings is 1. The van der Waals surface area contributed by atoms with Crippen molar-refractivity contribution in [1.29, 1.82) is 0 Å². The summed E-state index contributed by atoms with van der Waals surface area (Å²) < 4.78 is 1.83. The Labute approximate surface area is 176 Å². The highest BCUT2D eigenvalue weighted by Crippen LogP contribution is 2.48. The maximum Gasteiger partial charge on any atom is 0.258 e. The Morgan fingerprint density at radius 2 is 2.00 bits per heavy atom. The van der Waals surface area contributed by atoms with Crippen LogP contribution in [0.1, 0.15) is 36.7 Å². The molecule has 2 aromatic rings. The van der Waals surface area contributed by atoms with Gasteiger partial charge in [0, 0.05) is 42.8 Å². The number of hydrogen-bond donors (Lipinski definition) is 2. The SMILES string of the molecule is C/C=C\c1ccc2n(c1=O)C[C@@H]1[C@@H](CO)[C@H](C(=O)NCc3ccccc3)N(CC)[C@H]21. The minimum absolute atomic E-state index is 0.00202. The van der Waals surface area contributed by atoms with Crippen molar-refractivity contribution >= 4 is 12.0 Å². The Kier molecular flexibility index (Phi) is 5.88. The van der Waals surface area contributed by atoms with Gasteiger partial charge >= 0.3 is 0 Å². The zero-order valence-corrected chi connectivity index (χ0v) is 17.5. The minimum Gasteiger partial charge on any atom is -0.396 e. The fourth-order valence-electron chi connectivity index (χ4n) is 5.19. The molecule has 3 heterocycles. The van der Waals surface area contributed by atoms with E-state index in [0.29, 0.717) is 25.2 Å². The maximum atomic E-state index is 13.2. The molecule has 1 aromatic heterocycles. The normalized spacial score (nSPS) is 25.4. The number of allylic oxidation sites excluding steroid dienone is 1.